The van der Waals surface area contributed by atoms with Gasteiger partial charge < -0.3 is 4.57 Å². The molecular weight excluding hydrogens is 299 g/mol. The smallest absolute Gasteiger partial charge is 0.265 e. The van der Waals surface area contributed by atoms with Crippen LogP contribution < -0.4 is 5.56 Å². The molecule has 1 heterocycles. The summed E-state index contributed by atoms with van der Waals surface area (Å²) in [6.45, 7) is 0.299. The number of benzene rings is 1. The molecule has 0 aliphatic rings. The molecule has 0 saturated carbocycles. The van der Waals surface area contributed by atoms with Crippen LogP contribution in [0.15, 0.2) is 45.8 Å². The van der Waals surface area contributed by atoms with Crippen molar-refractivity contribution in [3.63, 3.8) is 0 Å². The molecule has 2 aromatic rings. The molecule has 0 atom stereocenters. The van der Waals surface area contributed by atoms with Gasteiger partial charge in [0.1, 0.15) is 11.9 Å². The lowest BCUT2D eigenvalue weighted by molar-refractivity contribution is 0.622. The van der Waals surface area contributed by atoms with Gasteiger partial charge in [-0.15, -0.1) is 0 Å². The highest BCUT2D eigenvalue weighted by molar-refractivity contribution is 9.10. The average molecular weight is 307 g/mol. The zero-order chi connectivity index (χ0) is 13.1. The molecule has 0 N–H and O–H groups in total. The standard InChI is InChI=1S/C13H8BrFN2O/c14-11-2-1-5-17(13(11)18)8-9-3-4-12(15)10(6-9)7-16/h1-6H,8H2. The molecule has 1 aromatic carbocycles. The number of pyridine rings is 1. The minimum atomic E-state index is -0.553. The number of nitriles is 1. The van der Waals surface area contributed by atoms with E-state index in [-0.39, 0.29) is 11.1 Å². The van der Waals surface area contributed by atoms with Gasteiger partial charge in [0, 0.05) is 6.20 Å². The molecule has 18 heavy (non-hydrogen) atoms. The van der Waals surface area contributed by atoms with E-state index >= 15 is 0 Å². The van der Waals surface area contributed by atoms with Crippen molar-refractivity contribution in [2.75, 3.05) is 0 Å². The van der Waals surface area contributed by atoms with E-state index in [1.54, 1.807) is 30.5 Å². The van der Waals surface area contributed by atoms with Crippen LogP contribution in [-0.2, 0) is 6.54 Å². The van der Waals surface area contributed by atoms with Crippen molar-refractivity contribution in [2.24, 2.45) is 0 Å². The van der Waals surface area contributed by atoms with Crippen molar-refractivity contribution in [2.45, 2.75) is 6.54 Å². The molecule has 0 fully saturated rings. The molecule has 0 radical (unpaired) electrons. The average Bonchev–Trinajstić information content (AvgIpc) is 2.37. The largest absolute Gasteiger partial charge is 0.310 e. The van der Waals surface area contributed by atoms with Gasteiger partial charge >= 0.3 is 0 Å². The third-order valence-corrected chi connectivity index (χ3v) is 3.08. The highest BCUT2D eigenvalue weighted by Crippen LogP contribution is 2.11. The summed E-state index contributed by atoms with van der Waals surface area (Å²) >= 11 is 3.15. The minimum absolute atomic E-state index is 0.0180. The van der Waals surface area contributed by atoms with Crippen LogP contribution in [-0.4, -0.2) is 4.57 Å². The van der Waals surface area contributed by atoms with E-state index in [1.165, 1.54) is 16.7 Å². The van der Waals surface area contributed by atoms with Crippen LogP contribution in [0.2, 0.25) is 0 Å². The molecule has 0 saturated heterocycles. The van der Waals surface area contributed by atoms with Crippen molar-refractivity contribution in [3.8, 4) is 6.07 Å². The fourth-order valence-electron chi connectivity index (χ4n) is 1.59. The fourth-order valence-corrected chi connectivity index (χ4v) is 1.97. The van der Waals surface area contributed by atoms with Gasteiger partial charge in [-0.25, -0.2) is 4.39 Å². The molecule has 0 spiro atoms. The first-order valence-electron chi connectivity index (χ1n) is 5.15. The van der Waals surface area contributed by atoms with Gasteiger partial charge in [-0.3, -0.25) is 4.79 Å². The second-order valence-electron chi connectivity index (χ2n) is 3.72. The van der Waals surface area contributed by atoms with Gasteiger partial charge in [0.15, 0.2) is 0 Å². The van der Waals surface area contributed by atoms with Gasteiger partial charge in [0.25, 0.3) is 5.56 Å². The van der Waals surface area contributed by atoms with E-state index in [0.717, 1.165) is 0 Å². The molecule has 5 heteroatoms. The first-order chi connectivity index (χ1) is 8.61. The van der Waals surface area contributed by atoms with Crippen LogP contribution in [0.4, 0.5) is 4.39 Å². The summed E-state index contributed by atoms with van der Waals surface area (Å²) in [5.74, 6) is -0.553. The lowest BCUT2D eigenvalue weighted by Gasteiger charge is -2.06. The van der Waals surface area contributed by atoms with Crippen LogP contribution in [0.1, 0.15) is 11.1 Å². The summed E-state index contributed by atoms with van der Waals surface area (Å²) in [5, 5.41) is 8.74. The Morgan fingerprint density at radius 3 is 2.89 bits per heavy atom. The Bertz CT molecular complexity index is 688. The zero-order valence-corrected chi connectivity index (χ0v) is 10.8. The number of nitrogens with zero attached hydrogens (tertiary/aromatic N) is 2. The third-order valence-electron chi connectivity index (χ3n) is 2.48. The van der Waals surface area contributed by atoms with Crippen LogP contribution in [0, 0.1) is 17.1 Å². The molecule has 0 bridgehead atoms. The zero-order valence-electron chi connectivity index (χ0n) is 9.23. The van der Waals surface area contributed by atoms with Crippen molar-refractivity contribution < 1.29 is 4.39 Å². The topological polar surface area (TPSA) is 45.8 Å². The highest BCUT2D eigenvalue weighted by Gasteiger charge is 2.05. The molecular formula is C13H8BrFN2O. The highest BCUT2D eigenvalue weighted by atomic mass is 79.9. The Morgan fingerprint density at radius 1 is 1.39 bits per heavy atom. The SMILES string of the molecule is N#Cc1cc(Cn2cccc(Br)c2=O)ccc1F. The van der Waals surface area contributed by atoms with Crippen LogP contribution >= 0.6 is 15.9 Å². The molecule has 3 nitrogen and oxygen atoms in total. The van der Waals surface area contributed by atoms with E-state index in [9.17, 15) is 9.18 Å². The molecule has 90 valence electrons. The predicted molar refractivity (Wildman–Crippen MR) is 68.6 cm³/mol. The van der Waals surface area contributed by atoms with Crippen molar-refractivity contribution in [3.05, 3.63) is 68.3 Å². The maximum atomic E-state index is 13.2. The summed E-state index contributed by atoms with van der Waals surface area (Å²) in [5.41, 5.74) is 0.518. The molecule has 0 aliphatic heterocycles. The lowest BCUT2D eigenvalue weighted by Crippen LogP contribution is -2.20. The summed E-state index contributed by atoms with van der Waals surface area (Å²) < 4.78 is 15.1. The third kappa shape index (κ3) is 2.49. The second kappa shape index (κ2) is 5.15. The van der Waals surface area contributed by atoms with E-state index in [2.05, 4.69) is 15.9 Å². The Kier molecular flexibility index (Phi) is 3.58. The summed E-state index contributed by atoms with van der Waals surface area (Å²) in [6, 6.07) is 9.41. The Balaban J connectivity index is 2.38. The van der Waals surface area contributed by atoms with E-state index in [0.29, 0.717) is 16.6 Å². The fraction of sp³-hybridized carbons (Fsp3) is 0.0769. The maximum Gasteiger partial charge on any atom is 0.265 e. The Labute approximate surface area is 111 Å². The lowest BCUT2D eigenvalue weighted by atomic mass is 10.1. The maximum absolute atomic E-state index is 13.2. The number of halogens is 2. The van der Waals surface area contributed by atoms with Crippen molar-refractivity contribution in [1.29, 1.82) is 5.26 Å². The van der Waals surface area contributed by atoms with Crippen molar-refractivity contribution in [1.82, 2.24) is 4.57 Å². The predicted octanol–water partition coefficient (Wildman–Crippen LogP) is 2.67. The van der Waals surface area contributed by atoms with Gasteiger partial charge in [0.05, 0.1) is 16.6 Å². The monoisotopic (exact) mass is 306 g/mol. The number of aromatic nitrogens is 1. The number of rotatable bonds is 2. The molecule has 0 aliphatic carbocycles. The van der Waals surface area contributed by atoms with Crippen LogP contribution in [0.3, 0.4) is 0 Å². The molecule has 1 aromatic heterocycles. The first-order valence-corrected chi connectivity index (χ1v) is 5.94. The summed E-state index contributed by atoms with van der Waals surface area (Å²) in [4.78, 5) is 11.8. The van der Waals surface area contributed by atoms with E-state index < -0.39 is 5.82 Å². The Morgan fingerprint density at radius 2 is 2.17 bits per heavy atom. The Hall–Kier alpha value is -1.93. The number of hydrogen-bond acceptors (Lipinski definition) is 2. The van der Waals surface area contributed by atoms with Gasteiger partial charge in [-0.1, -0.05) is 6.07 Å². The summed E-state index contributed by atoms with van der Waals surface area (Å²) in [6.07, 6.45) is 1.64. The quantitative estimate of drug-likeness (QED) is 0.856. The van der Waals surface area contributed by atoms with E-state index in [1.807, 2.05) is 0 Å². The second-order valence-corrected chi connectivity index (χ2v) is 4.57. The normalized spacial score (nSPS) is 10.1. The van der Waals surface area contributed by atoms with Gasteiger partial charge in [-0.05, 0) is 45.8 Å². The van der Waals surface area contributed by atoms with Crippen molar-refractivity contribution >= 4 is 15.9 Å². The number of hydrogen-bond donors (Lipinski definition) is 0. The van der Waals surface area contributed by atoms with Crippen LogP contribution in [0.25, 0.3) is 0 Å². The molecule has 0 unspecified atom stereocenters. The first kappa shape index (κ1) is 12.5. The van der Waals surface area contributed by atoms with E-state index in [4.69, 9.17) is 5.26 Å². The van der Waals surface area contributed by atoms with Gasteiger partial charge in [0.2, 0.25) is 0 Å². The summed E-state index contributed by atoms with van der Waals surface area (Å²) in [7, 11) is 0. The minimum Gasteiger partial charge on any atom is -0.310 e. The molecule has 2 rings (SSSR count). The van der Waals surface area contributed by atoms with Crippen LogP contribution in [0.5, 0.6) is 0 Å². The van der Waals surface area contributed by atoms with Gasteiger partial charge in [-0.2, -0.15) is 5.26 Å². The molecule has 0 amide bonds.